The number of aromatic nitrogens is 2. The molecule has 0 saturated carbocycles. The summed E-state index contributed by atoms with van der Waals surface area (Å²) in [6, 6.07) is 12.9. The van der Waals surface area contributed by atoms with Gasteiger partial charge in [0.1, 0.15) is 16.5 Å². The summed E-state index contributed by atoms with van der Waals surface area (Å²) in [5.41, 5.74) is 3.19. The van der Waals surface area contributed by atoms with Gasteiger partial charge in [-0.25, -0.2) is 22.8 Å². The maximum Gasteiger partial charge on any atom is 0.175 e. The molecule has 0 aliphatic rings. The molecule has 0 atom stereocenters. The molecule has 0 spiro atoms. The van der Waals surface area contributed by atoms with E-state index in [1.54, 1.807) is 47.7 Å². The molecule has 0 unspecified atom stereocenters. The molecule has 0 radical (unpaired) electrons. The number of hydrogen-bond acceptors (Lipinski definition) is 6. The van der Waals surface area contributed by atoms with E-state index in [1.165, 1.54) is 29.7 Å². The summed E-state index contributed by atoms with van der Waals surface area (Å²) in [5.74, 6) is -0.310. The lowest BCUT2D eigenvalue weighted by Gasteiger charge is -2.04. The molecule has 4 rings (SSSR count). The van der Waals surface area contributed by atoms with Crippen molar-refractivity contribution in [3.8, 4) is 32.4 Å². The summed E-state index contributed by atoms with van der Waals surface area (Å²) in [6.45, 7) is 2.06. The van der Waals surface area contributed by atoms with Crippen molar-refractivity contribution < 1.29 is 12.8 Å². The van der Waals surface area contributed by atoms with E-state index in [4.69, 9.17) is 4.98 Å². The van der Waals surface area contributed by atoms with Gasteiger partial charge >= 0.3 is 0 Å². The van der Waals surface area contributed by atoms with E-state index < -0.39 is 9.84 Å². The number of rotatable bonds is 5. The normalized spacial score (nSPS) is 11.7. The number of aryl methyl sites for hydroxylation is 1. The summed E-state index contributed by atoms with van der Waals surface area (Å²) < 4.78 is 36.9. The predicted molar refractivity (Wildman–Crippen MR) is 117 cm³/mol. The van der Waals surface area contributed by atoms with Crippen LogP contribution in [0.4, 0.5) is 4.39 Å². The average Bonchev–Trinajstić information content (AvgIpc) is 3.35. The van der Waals surface area contributed by atoms with E-state index in [0.29, 0.717) is 0 Å². The van der Waals surface area contributed by atoms with Gasteiger partial charge in [0.05, 0.1) is 20.5 Å². The maximum absolute atomic E-state index is 13.4. The van der Waals surface area contributed by atoms with Gasteiger partial charge < -0.3 is 0 Å². The summed E-state index contributed by atoms with van der Waals surface area (Å²) in [5, 5.41) is 3.81. The third kappa shape index (κ3) is 4.14. The van der Waals surface area contributed by atoms with Crippen LogP contribution in [0.1, 0.15) is 11.9 Å². The average molecular weight is 445 g/mol. The van der Waals surface area contributed by atoms with Crippen molar-refractivity contribution in [2.75, 3.05) is 6.26 Å². The molecule has 0 aliphatic heterocycles. The zero-order valence-corrected chi connectivity index (χ0v) is 18.2. The van der Waals surface area contributed by atoms with Crippen molar-refractivity contribution in [3.63, 3.8) is 0 Å². The van der Waals surface area contributed by atoms with Crippen molar-refractivity contribution in [1.29, 1.82) is 0 Å². The second kappa shape index (κ2) is 7.78. The lowest BCUT2D eigenvalue weighted by atomic mass is 10.1. The van der Waals surface area contributed by atoms with E-state index in [1.807, 2.05) is 5.38 Å². The van der Waals surface area contributed by atoms with Crippen LogP contribution in [-0.2, 0) is 16.3 Å². The summed E-state index contributed by atoms with van der Waals surface area (Å²) in [6.07, 6.45) is 2.05. The fourth-order valence-electron chi connectivity index (χ4n) is 2.85. The molecule has 8 heteroatoms. The number of sulfone groups is 1. The molecule has 0 saturated heterocycles. The van der Waals surface area contributed by atoms with Crippen LogP contribution in [-0.4, -0.2) is 24.6 Å². The third-order valence-electron chi connectivity index (χ3n) is 4.36. The van der Waals surface area contributed by atoms with Crippen molar-refractivity contribution in [2.24, 2.45) is 0 Å². The highest BCUT2D eigenvalue weighted by Crippen LogP contribution is 2.41. The molecule has 148 valence electrons. The number of nitrogens with zero attached hydrogens (tertiary/aromatic N) is 2. The first-order valence-corrected chi connectivity index (χ1v) is 12.5. The molecule has 4 aromatic rings. The Morgan fingerprint density at radius 2 is 1.62 bits per heavy atom. The van der Waals surface area contributed by atoms with Gasteiger partial charge in [-0.1, -0.05) is 19.1 Å². The monoisotopic (exact) mass is 444 g/mol. The highest BCUT2D eigenvalue weighted by Gasteiger charge is 2.18. The second-order valence-corrected chi connectivity index (χ2v) is 10.4. The van der Waals surface area contributed by atoms with E-state index >= 15 is 0 Å². The Labute approximate surface area is 176 Å². The molecule has 0 aliphatic carbocycles. The molecule has 0 bridgehead atoms. The lowest BCUT2D eigenvalue weighted by Crippen LogP contribution is -1.96. The quantitative estimate of drug-likeness (QED) is 0.396. The zero-order valence-electron chi connectivity index (χ0n) is 15.7. The van der Waals surface area contributed by atoms with Gasteiger partial charge in [0.2, 0.25) is 0 Å². The van der Waals surface area contributed by atoms with Crippen molar-refractivity contribution >= 4 is 32.5 Å². The number of benzene rings is 2. The Morgan fingerprint density at radius 1 is 0.966 bits per heavy atom. The van der Waals surface area contributed by atoms with Crippen LogP contribution in [0.25, 0.3) is 32.4 Å². The predicted octanol–water partition coefficient (Wildman–Crippen LogP) is 5.71. The lowest BCUT2D eigenvalue weighted by molar-refractivity contribution is 0.602. The molecular formula is C21H17FN2O2S3. The zero-order chi connectivity index (χ0) is 20.6. The van der Waals surface area contributed by atoms with Crippen molar-refractivity contribution in [3.05, 3.63) is 64.7 Å². The molecule has 0 N–H and O–H groups in total. The minimum atomic E-state index is -3.27. The topological polar surface area (TPSA) is 59.9 Å². The molecule has 29 heavy (non-hydrogen) atoms. The van der Waals surface area contributed by atoms with Crippen LogP contribution in [0.15, 0.2) is 58.8 Å². The summed E-state index contributed by atoms with van der Waals surface area (Å²) >= 11 is 3.09. The van der Waals surface area contributed by atoms with E-state index in [9.17, 15) is 12.8 Å². The smallest absolute Gasteiger partial charge is 0.175 e. The molecule has 2 heterocycles. The van der Waals surface area contributed by atoms with Gasteiger partial charge in [0.15, 0.2) is 9.84 Å². The Balaban J connectivity index is 1.85. The first-order chi connectivity index (χ1) is 13.8. The van der Waals surface area contributed by atoms with Crippen LogP contribution in [0, 0.1) is 5.82 Å². The summed E-state index contributed by atoms with van der Waals surface area (Å²) in [4.78, 5) is 10.6. The standard InChI is InChI=1S/C21H17FN2O2S3/c1-3-18-23-17(12-27-18)21-24-19(13-4-8-15(22)9-5-13)20(28-21)14-6-10-16(11-7-14)29(2,25)26/h4-12H,3H2,1-2H3. The molecule has 4 nitrogen and oxygen atoms in total. The van der Waals surface area contributed by atoms with E-state index in [-0.39, 0.29) is 10.7 Å². The van der Waals surface area contributed by atoms with Gasteiger partial charge in [-0.2, -0.15) is 0 Å². The highest BCUT2D eigenvalue weighted by molar-refractivity contribution is 7.90. The van der Waals surface area contributed by atoms with E-state index in [0.717, 1.165) is 43.8 Å². The Hall–Kier alpha value is -2.42. The fourth-order valence-corrected chi connectivity index (χ4v) is 5.34. The molecule has 0 fully saturated rings. The Morgan fingerprint density at radius 3 is 2.21 bits per heavy atom. The van der Waals surface area contributed by atoms with Gasteiger partial charge in [0, 0.05) is 17.2 Å². The third-order valence-corrected chi connectivity index (χ3v) is 7.61. The van der Waals surface area contributed by atoms with Crippen LogP contribution in [0.5, 0.6) is 0 Å². The largest absolute Gasteiger partial charge is 0.239 e. The fraction of sp³-hybridized carbons (Fsp3) is 0.143. The minimum absolute atomic E-state index is 0.265. The minimum Gasteiger partial charge on any atom is -0.239 e. The van der Waals surface area contributed by atoms with Crippen LogP contribution < -0.4 is 0 Å². The van der Waals surface area contributed by atoms with Crippen molar-refractivity contribution in [2.45, 2.75) is 18.2 Å². The van der Waals surface area contributed by atoms with Gasteiger partial charge in [-0.05, 0) is 48.4 Å². The molecule has 2 aromatic carbocycles. The number of halogens is 1. The second-order valence-electron chi connectivity index (χ2n) is 6.48. The summed E-state index contributed by atoms with van der Waals surface area (Å²) in [7, 11) is -3.27. The Kier molecular flexibility index (Phi) is 5.33. The van der Waals surface area contributed by atoms with Crippen molar-refractivity contribution in [1.82, 2.24) is 9.97 Å². The van der Waals surface area contributed by atoms with E-state index in [2.05, 4.69) is 11.9 Å². The first-order valence-electron chi connectivity index (χ1n) is 8.87. The molecule has 2 aromatic heterocycles. The number of thiazole rings is 2. The first kappa shape index (κ1) is 19.9. The van der Waals surface area contributed by atoms with Gasteiger partial charge in [-0.3, -0.25) is 0 Å². The molecular weight excluding hydrogens is 427 g/mol. The van der Waals surface area contributed by atoms with Gasteiger partial charge in [-0.15, -0.1) is 22.7 Å². The SMILES string of the molecule is CCc1nc(-c2nc(-c3ccc(F)cc3)c(-c3ccc(S(C)(=O)=O)cc3)s2)cs1. The van der Waals surface area contributed by atoms with Crippen LogP contribution in [0.2, 0.25) is 0 Å². The molecule has 0 amide bonds. The van der Waals surface area contributed by atoms with Crippen LogP contribution >= 0.6 is 22.7 Å². The highest BCUT2D eigenvalue weighted by atomic mass is 32.2. The van der Waals surface area contributed by atoms with Gasteiger partial charge in [0.25, 0.3) is 0 Å². The Bertz CT molecular complexity index is 1260. The van der Waals surface area contributed by atoms with Crippen LogP contribution in [0.3, 0.4) is 0 Å². The maximum atomic E-state index is 13.4. The number of hydrogen-bond donors (Lipinski definition) is 0.